The summed E-state index contributed by atoms with van der Waals surface area (Å²) in [5, 5.41) is 10.1. The molecule has 5 heteroatoms. The monoisotopic (exact) mass is 456 g/mol. The van der Waals surface area contributed by atoms with E-state index in [1.165, 1.54) is 0 Å². The number of amides is 1. The minimum Gasteiger partial charge on any atom is -0.508 e. The molecule has 1 aliphatic heterocycles. The van der Waals surface area contributed by atoms with Crippen LogP contribution < -0.4 is 4.74 Å². The molecule has 3 aromatic rings. The van der Waals surface area contributed by atoms with Crippen molar-refractivity contribution in [2.24, 2.45) is 0 Å². The molecule has 1 aliphatic carbocycles. The molecule has 1 fully saturated rings. The molecule has 5 rings (SSSR count). The van der Waals surface area contributed by atoms with Crippen molar-refractivity contribution >= 4 is 5.91 Å². The van der Waals surface area contributed by atoms with Crippen LogP contribution in [0.4, 0.5) is 0 Å². The maximum atomic E-state index is 13.8. The third-order valence-corrected chi connectivity index (χ3v) is 7.05. The largest absolute Gasteiger partial charge is 0.508 e. The van der Waals surface area contributed by atoms with Crippen LogP contribution in [0.1, 0.15) is 45.9 Å². The number of rotatable bonds is 7. The molecule has 2 aliphatic rings. The van der Waals surface area contributed by atoms with Crippen molar-refractivity contribution in [3.63, 3.8) is 0 Å². The van der Waals surface area contributed by atoms with Gasteiger partial charge in [0.1, 0.15) is 18.1 Å². The van der Waals surface area contributed by atoms with Crippen LogP contribution in [0.5, 0.6) is 11.5 Å². The Bertz CT molecular complexity index is 1150. The van der Waals surface area contributed by atoms with Crippen LogP contribution in [-0.2, 0) is 12.8 Å². The van der Waals surface area contributed by atoms with Gasteiger partial charge in [0, 0.05) is 17.6 Å². The van der Waals surface area contributed by atoms with E-state index < -0.39 is 0 Å². The summed E-state index contributed by atoms with van der Waals surface area (Å²) in [6, 6.07) is 23.4. The Hall–Kier alpha value is -3.31. The molecule has 1 N–H and O–H groups in total. The zero-order valence-corrected chi connectivity index (χ0v) is 19.9. The number of ether oxygens (including phenoxy) is 1. The van der Waals surface area contributed by atoms with Gasteiger partial charge in [0.15, 0.2) is 0 Å². The number of carbonyl (C=O) groups excluding carboxylic acids is 1. The summed E-state index contributed by atoms with van der Waals surface area (Å²) in [7, 11) is 4.06. The molecule has 1 unspecified atom stereocenters. The number of hydrogen-bond acceptors (Lipinski definition) is 4. The van der Waals surface area contributed by atoms with Crippen molar-refractivity contribution < 1.29 is 14.6 Å². The van der Waals surface area contributed by atoms with Crippen molar-refractivity contribution in [3.05, 3.63) is 95.1 Å². The van der Waals surface area contributed by atoms with E-state index in [1.54, 1.807) is 6.07 Å². The Morgan fingerprint density at radius 3 is 2.47 bits per heavy atom. The van der Waals surface area contributed by atoms with Crippen molar-refractivity contribution in [1.82, 2.24) is 9.80 Å². The van der Waals surface area contributed by atoms with Gasteiger partial charge in [-0.1, -0.05) is 36.4 Å². The summed E-state index contributed by atoms with van der Waals surface area (Å²) < 4.78 is 5.86. The second-order valence-electron chi connectivity index (χ2n) is 9.84. The number of phenols is 1. The molecule has 3 aromatic carbocycles. The predicted octanol–water partition coefficient (Wildman–Crippen LogP) is 4.85. The molecule has 0 radical (unpaired) electrons. The lowest BCUT2D eigenvalue weighted by molar-refractivity contribution is 0.0486. The first-order valence-corrected chi connectivity index (χ1v) is 12.0. The number of fused-ring (bicyclic) bond motifs is 1. The van der Waals surface area contributed by atoms with Gasteiger partial charge in [-0.2, -0.15) is 0 Å². The van der Waals surface area contributed by atoms with Crippen LogP contribution in [0.2, 0.25) is 0 Å². The number of hydrogen-bond donors (Lipinski definition) is 1. The van der Waals surface area contributed by atoms with Crippen LogP contribution in [0.15, 0.2) is 72.8 Å². The summed E-state index contributed by atoms with van der Waals surface area (Å²) in [6.07, 6.45) is 3.51. The van der Waals surface area contributed by atoms with Gasteiger partial charge in [0.2, 0.25) is 0 Å². The number of benzene rings is 3. The maximum absolute atomic E-state index is 13.8. The van der Waals surface area contributed by atoms with Crippen LogP contribution in [-0.4, -0.2) is 53.6 Å². The molecule has 1 heterocycles. The Morgan fingerprint density at radius 1 is 1.06 bits per heavy atom. The smallest absolute Gasteiger partial charge is 0.254 e. The van der Waals surface area contributed by atoms with E-state index >= 15 is 0 Å². The molecule has 1 atom stereocenters. The van der Waals surface area contributed by atoms with Crippen LogP contribution in [0.3, 0.4) is 0 Å². The lowest BCUT2D eigenvalue weighted by Crippen LogP contribution is -2.49. The molecule has 34 heavy (non-hydrogen) atoms. The van der Waals surface area contributed by atoms with E-state index in [0.29, 0.717) is 6.61 Å². The minimum atomic E-state index is -0.159. The van der Waals surface area contributed by atoms with Crippen LogP contribution >= 0.6 is 0 Å². The van der Waals surface area contributed by atoms with Crippen LogP contribution in [0, 0.1) is 0 Å². The van der Waals surface area contributed by atoms with Crippen molar-refractivity contribution in [1.29, 1.82) is 0 Å². The van der Waals surface area contributed by atoms with Gasteiger partial charge >= 0.3 is 0 Å². The van der Waals surface area contributed by atoms with E-state index in [2.05, 4.69) is 21.9 Å². The molecule has 0 bridgehead atoms. The summed E-state index contributed by atoms with van der Waals surface area (Å²) >= 11 is 0. The molecule has 1 amide bonds. The Kier molecular flexibility index (Phi) is 6.05. The molecular weight excluding hydrogens is 424 g/mol. The number of nitrogens with zero attached hydrogens (tertiary/aromatic N) is 2. The molecule has 1 saturated carbocycles. The highest BCUT2D eigenvalue weighted by molar-refractivity contribution is 5.95. The molecular formula is C29H32N2O3. The lowest BCUT2D eigenvalue weighted by Gasteiger charge is -2.44. The fraction of sp³-hybridized carbons (Fsp3) is 0.345. The van der Waals surface area contributed by atoms with Crippen LogP contribution in [0.25, 0.3) is 0 Å². The Morgan fingerprint density at radius 2 is 1.79 bits per heavy atom. The number of carbonyl (C=O) groups is 1. The van der Waals surface area contributed by atoms with Gasteiger partial charge < -0.3 is 19.6 Å². The first kappa shape index (κ1) is 22.5. The fourth-order valence-electron chi connectivity index (χ4n) is 5.11. The van der Waals surface area contributed by atoms with Crippen molar-refractivity contribution in [3.8, 4) is 11.5 Å². The minimum absolute atomic E-state index is 0.0833. The zero-order chi connectivity index (χ0) is 23.7. The van der Waals surface area contributed by atoms with E-state index in [0.717, 1.165) is 60.2 Å². The third kappa shape index (κ3) is 4.53. The van der Waals surface area contributed by atoms with Gasteiger partial charge in [-0.05, 0) is 92.9 Å². The topological polar surface area (TPSA) is 53.0 Å². The average Bonchev–Trinajstić information content (AvgIpc) is 3.59. The number of aromatic hydroxyl groups is 1. The predicted molar refractivity (Wildman–Crippen MR) is 133 cm³/mol. The lowest BCUT2D eigenvalue weighted by atomic mass is 9.83. The van der Waals surface area contributed by atoms with Gasteiger partial charge in [0.05, 0.1) is 6.04 Å². The normalized spacial score (nSPS) is 18.1. The third-order valence-electron chi connectivity index (χ3n) is 7.05. The first-order valence-electron chi connectivity index (χ1n) is 12.0. The summed E-state index contributed by atoms with van der Waals surface area (Å²) in [5.74, 6) is 1.23. The zero-order valence-electron chi connectivity index (χ0n) is 19.9. The molecule has 0 saturated heterocycles. The fourth-order valence-corrected chi connectivity index (χ4v) is 5.11. The average molecular weight is 457 g/mol. The van der Waals surface area contributed by atoms with Crippen molar-refractivity contribution in [2.75, 3.05) is 27.2 Å². The summed E-state index contributed by atoms with van der Waals surface area (Å²) in [5.41, 5.74) is 4.01. The van der Waals surface area contributed by atoms with E-state index in [4.69, 9.17) is 4.74 Å². The molecule has 1 spiro atoms. The van der Waals surface area contributed by atoms with Gasteiger partial charge in [0.25, 0.3) is 5.91 Å². The second kappa shape index (κ2) is 9.15. The SMILES string of the molecule is CN(C)CCOc1ccc(CC2c3ccc(O)cc3CC3(CC3)N2C(=O)c2ccccc2)cc1. The molecule has 5 nitrogen and oxygen atoms in total. The quantitative estimate of drug-likeness (QED) is 0.552. The van der Waals surface area contributed by atoms with E-state index in [-0.39, 0.29) is 23.2 Å². The number of phenolic OH excluding ortho intramolecular Hbond substituents is 1. The Labute approximate surface area is 201 Å². The molecule has 176 valence electrons. The maximum Gasteiger partial charge on any atom is 0.254 e. The highest BCUT2D eigenvalue weighted by Gasteiger charge is 2.55. The van der Waals surface area contributed by atoms with Gasteiger partial charge in [-0.25, -0.2) is 0 Å². The van der Waals surface area contributed by atoms with Gasteiger partial charge in [-0.3, -0.25) is 4.79 Å². The van der Waals surface area contributed by atoms with Crippen molar-refractivity contribution in [2.45, 2.75) is 37.3 Å². The first-order chi connectivity index (χ1) is 16.4. The number of likely N-dealkylation sites (N-methyl/N-ethyl adjacent to an activating group) is 1. The highest BCUT2D eigenvalue weighted by atomic mass is 16.5. The highest BCUT2D eigenvalue weighted by Crippen LogP contribution is 2.54. The summed E-state index contributed by atoms with van der Waals surface area (Å²) in [4.78, 5) is 18.1. The van der Waals surface area contributed by atoms with E-state index in [1.807, 2.05) is 68.7 Å². The second-order valence-corrected chi connectivity index (χ2v) is 9.84. The molecule has 0 aromatic heterocycles. The van der Waals surface area contributed by atoms with Gasteiger partial charge in [-0.15, -0.1) is 0 Å². The summed E-state index contributed by atoms with van der Waals surface area (Å²) in [6.45, 7) is 1.51. The Balaban J connectivity index is 1.45. The van der Waals surface area contributed by atoms with E-state index in [9.17, 15) is 9.90 Å². The standard InChI is InChI=1S/C29H32N2O3/c1-30(2)16-17-34-25-11-8-21(9-12-25)18-27-26-13-10-24(32)19-23(26)20-29(14-15-29)31(27)28(33)22-6-4-3-5-7-22/h3-13,19,27,32H,14-18,20H2,1-2H3.